The van der Waals surface area contributed by atoms with Gasteiger partial charge in [0.25, 0.3) is 11.8 Å². The zero-order valence-corrected chi connectivity index (χ0v) is 24.9. The SMILES string of the molecule is COCOc1cc2c(=O)c(C)c(C(=O)N[C@@H](Cc3ccccc3)C(=O)C(=O)NCCc3ccc(OC)cc3)oc2cc1OC. The first-order chi connectivity index (χ1) is 21.2. The number of nitrogens with one attached hydrogen (secondary N) is 2. The van der Waals surface area contributed by atoms with E-state index in [0.29, 0.717) is 12.2 Å². The number of amides is 2. The molecule has 1 aromatic heterocycles. The average Bonchev–Trinajstić information content (AvgIpc) is 3.05. The Morgan fingerprint density at radius 3 is 2.27 bits per heavy atom. The van der Waals surface area contributed by atoms with Crippen LogP contribution in [0.15, 0.2) is 75.9 Å². The van der Waals surface area contributed by atoms with Gasteiger partial charge >= 0.3 is 0 Å². The van der Waals surface area contributed by atoms with Crippen molar-refractivity contribution in [1.82, 2.24) is 10.6 Å². The van der Waals surface area contributed by atoms with E-state index in [4.69, 9.17) is 23.4 Å². The van der Waals surface area contributed by atoms with Crippen LogP contribution in [-0.4, -0.2) is 58.3 Å². The number of methoxy groups -OCH3 is 3. The highest BCUT2D eigenvalue weighted by molar-refractivity contribution is 6.38. The second-order valence-corrected chi connectivity index (χ2v) is 9.87. The first-order valence-corrected chi connectivity index (χ1v) is 13.8. The molecule has 4 aromatic rings. The molecule has 0 aliphatic rings. The van der Waals surface area contributed by atoms with Crippen LogP contribution in [-0.2, 0) is 27.2 Å². The van der Waals surface area contributed by atoms with Crippen molar-refractivity contribution < 1.29 is 37.7 Å². The quantitative estimate of drug-likeness (QED) is 0.164. The van der Waals surface area contributed by atoms with Crippen molar-refractivity contribution in [3.8, 4) is 17.2 Å². The fourth-order valence-corrected chi connectivity index (χ4v) is 4.55. The van der Waals surface area contributed by atoms with E-state index in [2.05, 4.69) is 10.6 Å². The maximum atomic E-state index is 13.5. The van der Waals surface area contributed by atoms with Gasteiger partial charge in [-0.25, -0.2) is 0 Å². The molecule has 2 N–H and O–H groups in total. The molecular weight excluding hydrogens is 568 g/mol. The minimum absolute atomic E-state index is 0.0210. The van der Waals surface area contributed by atoms with Crippen LogP contribution in [0, 0.1) is 6.92 Å². The highest BCUT2D eigenvalue weighted by atomic mass is 16.7. The van der Waals surface area contributed by atoms with Crippen LogP contribution in [0.4, 0.5) is 0 Å². The Morgan fingerprint density at radius 2 is 1.61 bits per heavy atom. The lowest BCUT2D eigenvalue weighted by Gasteiger charge is -2.18. The number of Topliss-reactive ketones (excluding diaryl/α,β-unsaturated/α-hetero) is 1. The van der Waals surface area contributed by atoms with Gasteiger partial charge in [-0.1, -0.05) is 42.5 Å². The van der Waals surface area contributed by atoms with Crippen LogP contribution < -0.4 is 30.3 Å². The first kappa shape index (κ1) is 31.8. The maximum absolute atomic E-state index is 13.5. The Morgan fingerprint density at radius 1 is 0.886 bits per heavy atom. The summed E-state index contributed by atoms with van der Waals surface area (Å²) in [6.45, 7) is 1.58. The smallest absolute Gasteiger partial charge is 0.289 e. The fourth-order valence-electron chi connectivity index (χ4n) is 4.55. The van der Waals surface area contributed by atoms with Crippen LogP contribution >= 0.6 is 0 Å². The summed E-state index contributed by atoms with van der Waals surface area (Å²) < 4.78 is 26.8. The third kappa shape index (κ3) is 7.61. The van der Waals surface area contributed by atoms with E-state index in [0.717, 1.165) is 11.1 Å². The van der Waals surface area contributed by atoms with E-state index in [1.54, 1.807) is 31.4 Å². The van der Waals surface area contributed by atoms with Gasteiger partial charge in [-0.3, -0.25) is 19.2 Å². The minimum Gasteiger partial charge on any atom is -0.497 e. The Hall–Kier alpha value is -5.16. The molecule has 4 rings (SSSR count). The molecule has 0 aliphatic carbocycles. The Balaban J connectivity index is 1.56. The zero-order valence-electron chi connectivity index (χ0n) is 24.9. The van der Waals surface area contributed by atoms with Crippen molar-refractivity contribution in [2.45, 2.75) is 25.8 Å². The summed E-state index contributed by atoms with van der Waals surface area (Å²) in [6.07, 6.45) is 0.532. The Labute approximate surface area is 254 Å². The molecule has 11 heteroatoms. The number of benzene rings is 3. The lowest BCUT2D eigenvalue weighted by Crippen LogP contribution is -2.49. The predicted molar refractivity (Wildman–Crippen MR) is 162 cm³/mol. The molecule has 0 spiro atoms. The topological polar surface area (TPSA) is 142 Å². The number of rotatable bonds is 14. The van der Waals surface area contributed by atoms with E-state index >= 15 is 0 Å². The molecule has 3 aromatic carbocycles. The van der Waals surface area contributed by atoms with Gasteiger partial charge in [0.05, 0.1) is 19.6 Å². The highest BCUT2D eigenvalue weighted by Gasteiger charge is 2.29. The lowest BCUT2D eigenvalue weighted by atomic mass is 10.0. The molecule has 11 nitrogen and oxygen atoms in total. The second-order valence-electron chi connectivity index (χ2n) is 9.87. The van der Waals surface area contributed by atoms with Crippen molar-refractivity contribution in [3.05, 3.63) is 99.4 Å². The van der Waals surface area contributed by atoms with Gasteiger partial charge in [-0.2, -0.15) is 0 Å². The zero-order chi connectivity index (χ0) is 31.6. The molecular formula is C33H34N2O9. The molecule has 44 heavy (non-hydrogen) atoms. The van der Waals surface area contributed by atoms with Crippen LogP contribution in [0.5, 0.6) is 17.2 Å². The highest BCUT2D eigenvalue weighted by Crippen LogP contribution is 2.32. The van der Waals surface area contributed by atoms with Crippen LogP contribution in [0.3, 0.4) is 0 Å². The molecule has 230 valence electrons. The van der Waals surface area contributed by atoms with Crippen LogP contribution in [0.25, 0.3) is 11.0 Å². The number of carbonyl (C=O) groups is 3. The summed E-state index contributed by atoms with van der Waals surface area (Å²) in [7, 11) is 4.45. The lowest BCUT2D eigenvalue weighted by molar-refractivity contribution is -0.138. The van der Waals surface area contributed by atoms with E-state index in [-0.39, 0.29) is 53.6 Å². The van der Waals surface area contributed by atoms with Gasteiger partial charge in [0.2, 0.25) is 5.78 Å². The molecule has 0 unspecified atom stereocenters. The third-order valence-corrected chi connectivity index (χ3v) is 6.93. The fraction of sp³-hybridized carbons (Fsp3) is 0.273. The van der Waals surface area contributed by atoms with Crippen molar-refractivity contribution in [2.75, 3.05) is 34.7 Å². The van der Waals surface area contributed by atoms with E-state index in [9.17, 15) is 19.2 Å². The second kappa shape index (κ2) is 14.8. The molecule has 0 aliphatic heterocycles. The third-order valence-electron chi connectivity index (χ3n) is 6.93. The molecule has 1 atom stereocenters. The molecule has 0 saturated heterocycles. The summed E-state index contributed by atoms with van der Waals surface area (Å²) >= 11 is 0. The number of carbonyl (C=O) groups excluding carboxylic acids is 3. The summed E-state index contributed by atoms with van der Waals surface area (Å²) in [5.74, 6) is -1.55. The van der Waals surface area contributed by atoms with Gasteiger partial charge in [0.1, 0.15) is 17.4 Å². The summed E-state index contributed by atoms with van der Waals surface area (Å²) in [4.78, 5) is 53.0. The van der Waals surface area contributed by atoms with Gasteiger partial charge in [-0.15, -0.1) is 0 Å². The predicted octanol–water partition coefficient (Wildman–Crippen LogP) is 3.37. The molecule has 0 radical (unpaired) electrons. The number of ether oxygens (including phenoxy) is 4. The standard InChI is InChI=1S/C33H34N2O9/c1-20-29(36)24-17-28(43-19-40-2)27(42-4)18-26(24)44-31(20)33(39)35-25(16-22-8-6-5-7-9-22)30(37)32(38)34-15-14-21-10-12-23(41-3)13-11-21/h5-13,17-18,25H,14-16,19H2,1-4H3,(H,34,38)(H,35,39)/t25-/m0/s1. The van der Waals surface area contributed by atoms with Crippen molar-refractivity contribution in [2.24, 2.45) is 0 Å². The Kier molecular flexibility index (Phi) is 10.7. The van der Waals surface area contributed by atoms with E-state index < -0.39 is 29.1 Å². The van der Waals surface area contributed by atoms with Gasteiger partial charge in [0, 0.05) is 31.7 Å². The van der Waals surface area contributed by atoms with Crippen LogP contribution in [0.2, 0.25) is 0 Å². The average molecular weight is 603 g/mol. The van der Waals surface area contributed by atoms with Crippen LogP contribution in [0.1, 0.15) is 27.2 Å². The number of ketones is 1. The van der Waals surface area contributed by atoms with Gasteiger partial charge < -0.3 is 34.0 Å². The largest absolute Gasteiger partial charge is 0.497 e. The van der Waals surface area contributed by atoms with Gasteiger partial charge in [-0.05, 0) is 42.7 Å². The Bertz CT molecular complexity index is 1680. The summed E-state index contributed by atoms with van der Waals surface area (Å²) in [5, 5.41) is 5.42. The number of hydrogen-bond acceptors (Lipinski definition) is 9. The molecule has 1 heterocycles. The van der Waals surface area contributed by atoms with E-state index in [1.807, 2.05) is 30.3 Å². The summed E-state index contributed by atoms with van der Waals surface area (Å²) in [5.41, 5.74) is 1.30. The van der Waals surface area contributed by atoms with E-state index in [1.165, 1.54) is 33.3 Å². The summed E-state index contributed by atoms with van der Waals surface area (Å²) in [6, 6.07) is 18.0. The van der Waals surface area contributed by atoms with Crippen molar-refractivity contribution >= 4 is 28.6 Å². The monoisotopic (exact) mass is 602 g/mol. The van der Waals surface area contributed by atoms with Gasteiger partial charge in [0.15, 0.2) is 29.5 Å². The maximum Gasteiger partial charge on any atom is 0.289 e. The normalized spacial score (nSPS) is 11.5. The minimum atomic E-state index is -1.23. The molecule has 0 fully saturated rings. The number of fused-ring (bicyclic) bond motifs is 1. The number of hydrogen-bond donors (Lipinski definition) is 2. The molecule has 0 saturated carbocycles. The first-order valence-electron chi connectivity index (χ1n) is 13.8. The van der Waals surface area contributed by atoms with Crippen molar-refractivity contribution in [3.63, 3.8) is 0 Å². The molecule has 2 amide bonds. The molecule has 0 bridgehead atoms. The van der Waals surface area contributed by atoms with Crippen molar-refractivity contribution in [1.29, 1.82) is 0 Å².